The van der Waals surface area contributed by atoms with Crippen LogP contribution in [0.4, 0.5) is 5.69 Å². The van der Waals surface area contributed by atoms with Crippen molar-refractivity contribution in [1.82, 2.24) is 0 Å². The number of hydrogen-bond acceptors (Lipinski definition) is 5. The molecule has 0 aliphatic carbocycles. The van der Waals surface area contributed by atoms with Gasteiger partial charge < -0.3 is 10.6 Å². The quantitative estimate of drug-likeness (QED) is 0.755. The van der Waals surface area contributed by atoms with Crippen LogP contribution in [0.2, 0.25) is 0 Å². The molecule has 0 saturated heterocycles. The average molecular weight is 296 g/mol. The molecule has 0 unspecified atom stereocenters. The number of anilines is 1. The molecular weight excluding hydrogens is 284 g/mol. The van der Waals surface area contributed by atoms with E-state index in [1.165, 1.54) is 25.1 Å². The van der Waals surface area contributed by atoms with Crippen molar-refractivity contribution in [2.45, 2.75) is 11.8 Å². The summed E-state index contributed by atoms with van der Waals surface area (Å²) in [6.45, 7) is 0.891. The first kappa shape index (κ1) is 14.2. The monoisotopic (exact) mass is 296 g/mol. The van der Waals surface area contributed by atoms with Crippen molar-refractivity contribution in [3.63, 3.8) is 0 Å². The zero-order chi connectivity index (χ0) is 15.1. The zero-order valence-corrected chi connectivity index (χ0v) is 11.4. The number of hydrogen-bond donors (Lipinski definition) is 1. The molecule has 1 aliphatic rings. The third kappa shape index (κ3) is 2.42. The number of sulfone groups is 1. The van der Waals surface area contributed by atoms with Gasteiger partial charge in [0.1, 0.15) is 12.3 Å². The molecule has 20 heavy (non-hydrogen) atoms. The number of amides is 2. The van der Waals surface area contributed by atoms with E-state index in [0.29, 0.717) is 0 Å². The Morgan fingerprint density at radius 3 is 2.55 bits per heavy atom. The standard InChI is InChI=1S/C12H12N2O5S/c1-7(15)8-2-3-10-9(4-8)14(5-11(13)16)12(17)6-20(10,18)19/h2-4H,5-6H2,1H3,(H2,13,16). The van der Waals surface area contributed by atoms with E-state index in [2.05, 4.69) is 0 Å². The van der Waals surface area contributed by atoms with Gasteiger partial charge in [0.25, 0.3) is 0 Å². The van der Waals surface area contributed by atoms with Gasteiger partial charge in [0, 0.05) is 5.56 Å². The highest BCUT2D eigenvalue weighted by Crippen LogP contribution is 2.32. The van der Waals surface area contributed by atoms with Gasteiger partial charge in [-0.3, -0.25) is 14.4 Å². The normalized spacial score (nSPS) is 16.6. The lowest BCUT2D eigenvalue weighted by molar-refractivity contribution is -0.121. The first-order valence-corrected chi connectivity index (χ1v) is 7.34. The maximum atomic E-state index is 11.9. The van der Waals surface area contributed by atoms with Gasteiger partial charge in [-0.2, -0.15) is 0 Å². The summed E-state index contributed by atoms with van der Waals surface area (Å²) in [5, 5.41) is 0. The van der Waals surface area contributed by atoms with Crippen LogP contribution in [-0.4, -0.2) is 38.3 Å². The Kier molecular flexibility index (Phi) is 3.34. The van der Waals surface area contributed by atoms with Crippen LogP contribution in [0.5, 0.6) is 0 Å². The lowest BCUT2D eigenvalue weighted by Crippen LogP contribution is -2.45. The van der Waals surface area contributed by atoms with Crippen LogP contribution in [0.1, 0.15) is 17.3 Å². The SMILES string of the molecule is CC(=O)c1ccc2c(c1)N(CC(N)=O)C(=O)CS2(=O)=O. The number of benzene rings is 1. The third-order valence-electron chi connectivity index (χ3n) is 2.92. The number of nitrogens with zero attached hydrogens (tertiary/aromatic N) is 1. The van der Waals surface area contributed by atoms with Crippen LogP contribution < -0.4 is 10.6 Å². The summed E-state index contributed by atoms with van der Waals surface area (Å²) in [5.74, 6) is -2.50. The van der Waals surface area contributed by atoms with Crippen molar-refractivity contribution in [2.75, 3.05) is 17.2 Å². The number of primary amides is 1. The van der Waals surface area contributed by atoms with Gasteiger partial charge in [-0.05, 0) is 25.1 Å². The van der Waals surface area contributed by atoms with Gasteiger partial charge in [-0.1, -0.05) is 0 Å². The number of nitrogens with two attached hydrogens (primary N) is 1. The second kappa shape index (κ2) is 4.71. The molecule has 106 valence electrons. The Balaban J connectivity index is 2.66. The number of rotatable bonds is 3. The number of carbonyl (C=O) groups excluding carboxylic acids is 3. The molecule has 1 aromatic carbocycles. The molecule has 0 bridgehead atoms. The first-order valence-electron chi connectivity index (χ1n) is 5.69. The second-order valence-electron chi connectivity index (χ2n) is 4.44. The Labute approximate surface area is 115 Å². The number of carbonyl (C=O) groups is 3. The van der Waals surface area contributed by atoms with Crippen LogP contribution in [-0.2, 0) is 19.4 Å². The second-order valence-corrected chi connectivity index (χ2v) is 6.40. The molecule has 1 aromatic rings. The Bertz CT molecular complexity index is 723. The van der Waals surface area contributed by atoms with Crippen molar-refractivity contribution in [3.05, 3.63) is 23.8 Å². The summed E-state index contributed by atoms with van der Waals surface area (Å²) in [4.78, 5) is 35.1. The number of Topliss-reactive ketones (excluding diaryl/α,β-unsaturated/α-hetero) is 1. The van der Waals surface area contributed by atoms with Crippen LogP contribution >= 0.6 is 0 Å². The Morgan fingerprint density at radius 2 is 2.00 bits per heavy atom. The van der Waals surface area contributed by atoms with Crippen molar-refractivity contribution < 1.29 is 22.8 Å². The summed E-state index contributed by atoms with van der Waals surface area (Å²) in [6.07, 6.45) is 0. The van der Waals surface area contributed by atoms with Gasteiger partial charge in [-0.15, -0.1) is 0 Å². The molecule has 2 N–H and O–H groups in total. The Hall–Kier alpha value is -2.22. The van der Waals surface area contributed by atoms with Crippen LogP contribution in [0.15, 0.2) is 23.1 Å². The third-order valence-corrected chi connectivity index (χ3v) is 4.56. The molecule has 0 aromatic heterocycles. The molecule has 2 rings (SSSR count). The molecular formula is C12H12N2O5S. The van der Waals surface area contributed by atoms with Crippen molar-refractivity contribution in [3.8, 4) is 0 Å². The van der Waals surface area contributed by atoms with Gasteiger partial charge >= 0.3 is 0 Å². The summed E-state index contributed by atoms with van der Waals surface area (Å²) >= 11 is 0. The highest BCUT2D eigenvalue weighted by atomic mass is 32.2. The van der Waals surface area contributed by atoms with Crippen LogP contribution in [0, 0.1) is 0 Å². The Morgan fingerprint density at radius 1 is 1.35 bits per heavy atom. The molecule has 2 amide bonds. The molecule has 1 aliphatic heterocycles. The van der Waals surface area contributed by atoms with Gasteiger partial charge in [0.2, 0.25) is 11.8 Å². The number of fused-ring (bicyclic) bond motifs is 1. The lowest BCUT2D eigenvalue weighted by Gasteiger charge is -2.28. The van der Waals surface area contributed by atoms with E-state index in [0.717, 1.165) is 4.90 Å². The lowest BCUT2D eigenvalue weighted by atomic mass is 10.1. The highest BCUT2D eigenvalue weighted by molar-refractivity contribution is 7.92. The highest BCUT2D eigenvalue weighted by Gasteiger charge is 2.35. The molecule has 8 heteroatoms. The van der Waals surface area contributed by atoms with Crippen molar-refractivity contribution in [2.24, 2.45) is 5.73 Å². The van der Waals surface area contributed by atoms with E-state index >= 15 is 0 Å². The van der Waals surface area contributed by atoms with E-state index in [9.17, 15) is 22.8 Å². The van der Waals surface area contributed by atoms with E-state index in [-0.39, 0.29) is 21.9 Å². The summed E-state index contributed by atoms with van der Waals surface area (Å²) in [7, 11) is -3.76. The fourth-order valence-electron chi connectivity index (χ4n) is 1.99. The van der Waals surface area contributed by atoms with Crippen LogP contribution in [0.3, 0.4) is 0 Å². The first-order chi connectivity index (χ1) is 9.22. The smallest absolute Gasteiger partial charge is 0.243 e. The largest absolute Gasteiger partial charge is 0.368 e. The fourth-order valence-corrected chi connectivity index (χ4v) is 3.39. The summed E-state index contributed by atoms with van der Waals surface area (Å²) in [5.41, 5.74) is 5.33. The van der Waals surface area contributed by atoms with Crippen molar-refractivity contribution in [1.29, 1.82) is 0 Å². The zero-order valence-electron chi connectivity index (χ0n) is 10.6. The van der Waals surface area contributed by atoms with Gasteiger partial charge in [-0.25, -0.2) is 8.42 Å². The molecule has 0 saturated carbocycles. The number of ketones is 1. The van der Waals surface area contributed by atoms with Gasteiger partial charge in [0.15, 0.2) is 15.6 Å². The topological polar surface area (TPSA) is 115 Å². The van der Waals surface area contributed by atoms with E-state index in [1.807, 2.05) is 0 Å². The van der Waals surface area contributed by atoms with E-state index < -0.39 is 33.9 Å². The molecule has 1 heterocycles. The molecule has 7 nitrogen and oxygen atoms in total. The van der Waals surface area contributed by atoms with E-state index in [4.69, 9.17) is 5.73 Å². The molecule has 0 spiro atoms. The maximum absolute atomic E-state index is 11.9. The molecule has 0 fully saturated rings. The molecule has 0 radical (unpaired) electrons. The predicted octanol–water partition coefficient (Wildman–Crippen LogP) is -0.505. The minimum atomic E-state index is -3.76. The summed E-state index contributed by atoms with van der Waals surface area (Å²) in [6, 6.07) is 3.92. The minimum absolute atomic E-state index is 0.0211. The summed E-state index contributed by atoms with van der Waals surface area (Å²) < 4.78 is 23.9. The fraction of sp³-hybridized carbons (Fsp3) is 0.250. The van der Waals surface area contributed by atoms with Gasteiger partial charge in [0.05, 0.1) is 10.6 Å². The van der Waals surface area contributed by atoms with Crippen molar-refractivity contribution >= 4 is 33.1 Å². The average Bonchev–Trinajstić information content (AvgIpc) is 2.33. The molecule has 0 atom stereocenters. The maximum Gasteiger partial charge on any atom is 0.243 e. The minimum Gasteiger partial charge on any atom is -0.368 e. The predicted molar refractivity (Wildman–Crippen MR) is 70.0 cm³/mol. The van der Waals surface area contributed by atoms with E-state index in [1.54, 1.807) is 0 Å². The van der Waals surface area contributed by atoms with Crippen LogP contribution in [0.25, 0.3) is 0 Å².